The standard InChI is InChI=1S/C13H17F2N3O/c1-13(9-4-3-5-10(14)11(9)15)8-17-12(16)18(13)6-7-19-2/h3-5H,6-8H2,1-2H3,(H2,16,17). The van der Waals surface area contributed by atoms with E-state index in [-0.39, 0.29) is 5.56 Å². The molecule has 104 valence electrons. The molecule has 1 aliphatic rings. The van der Waals surface area contributed by atoms with Crippen molar-refractivity contribution in [1.29, 1.82) is 0 Å². The Bertz CT molecular complexity index is 507. The molecule has 0 bridgehead atoms. The van der Waals surface area contributed by atoms with Crippen LogP contribution in [-0.4, -0.2) is 37.7 Å². The highest BCUT2D eigenvalue weighted by atomic mass is 19.2. The fraction of sp³-hybridized carbons (Fsp3) is 0.462. The first kappa shape index (κ1) is 13.7. The predicted molar refractivity (Wildman–Crippen MR) is 68.8 cm³/mol. The fourth-order valence-corrected chi connectivity index (χ4v) is 2.35. The smallest absolute Gasteiger partial charge is 0.192 e. The van der Waals surface area contributed by atoms with Crippen LogP contribution in [0.4, 0.5) is 8.78 Å². The lowest BCUT2D eigenvalue weighted by atomic mass is 9.90. The van der Waals surface area contributed by atoms with Crippen molar-refractivity contribution in [3.63, 3.8) is 0 Å². The highest BCUT2D eigenvalue weighted by molar-refractivity contribution is 5.81. The van der Waals surface area contributed by atoms with Gasteiger partial charge in [0.25, 0.3) is 0 Å². The van der Waals surface area contributed by atoms with Gasteiger partial charge in [0.15, 0.2) is 17.6 Å². The molecule has 6 heteroatoms. The molecule has 0 fully saturated rings. The molecule has 0 saturated heterocycles. The predicted octanol–water partition coefficient (Wildman–Crippen LogP) is 1.46. The van der Waals surface area contributed by atoms with Gasteiger partial charge in [-0.05, 0) is 13.0 Å². The van der Waals surface area contributed by atoms with Crippen molar-refractivity contribution >= 4 is 5.96 Å². The highest BCUT2D eigenvalue weighted by Crippen LogP contribution is 2.34. The molecule has 19 heavy (non-hydrogen) atoms. The number of benzene rings is 1. The van der Waals surface area contributed by atoms with Crippen molar-refractivity contribution in [2.75, 3.05) is 26.8 Å². The molecule has 1 aromatic carbocycles. The van der Waals surface area contributed by atoms with E-state index in [2.05, 4.69) is 4.99 Å². The molecule has 1 heterocycles. The lowest BCUT2D eigenvalue weighted by molar-refractivity contribution is 0.134. The zero-order valence-corrected chi connectivity index (χ0v) is 11.0. The van der Waals surface area contributed by atoms with E-state index in [1.807, 2.05) is 0 Å². The summed E-state index contributed by atoms with van der Waals surface area (Å²) in [5, 5.41) is 0. The van der Waals surface area contributed by atoms with E-state index in [0.29, 0.717) is 25.7 Å². The molecule has 2 N–H and O–H groups in total. The van der Waals surface area contributed by atoms with Crippen LogP contribution in [0, 0.1) is 11.6 Å². The minimum atomic E-state index is -0.865. The number of nitrogens with zero attached hydrogens (tertiary/aromatic N) is 2. The molecule has 1 unspecified atom stereocenters. The zero-order chi connectivity index (χ0) is 14.0. The van der Waals surface area contributed by atoms with Crippen LogP contribution in [0.25, 0.3) is 0 Å². The van der Waals surface area contributed by atoms with Gasteiger partial charge in [-0.1, -0.05) is 12.1 Å². The van der Waals surface area contributed by atoms with Crippen LogP contribution in [0.3, 0.4) is 0 Å². The summed E-state index contributed by atoms with van der Waals surface area (Å²) in [5.74, 6) is -1.39. The lowest BCUT2D eigenvalue weighted by Gasteiger charge is -2.36. The Hall–Kier alpha value is -1.69. The van der Waals surface area contributed by atoms with E-state index in [4.69, 9.17) is 10.5 Å². The van der Waals surface area contributed by atoms with Gasteiger partial charge in [0, 0.05) is 19.2 Å². The zero-order valence-electron chi connectivity index (χ0n) is 11.0. The first-order chi connectivity index (χ1) is 9.00. The van der Waals surface area contributed by atoms with Crippen LogP contribution in [0.5, 0.6) is 0 Å². The van der Waals surface area contributed by atoms with Crippen molar-refractivity contribution < 1.29 is 13.5 Å². The van der Waals surface area contributed by atoms with E-state index < -0.39 is 17.2 Å². The minimum Gasteiger partial charge on any atom is -0.383 e. The maximum Gasteiger partial charge on any atom is 0.192 e. The Labute approximate surface area is 110 Å². The van der Waals surface area contributed by atoms with Gasteiger partial charge in [-0.15, -0.1) is 0 Å². The number of aliphatic imine (C=N–C) groups is 1. The van der Waals surface area contributed by atoms with E-state index in [0.717, 1.165) is 6.07 Å². The average molecular weight is 269 g/mol. The number of hydrogen-bond acceptors (Lipinski definition) is 4. The van der Waals surface area contributed by atoms with Crippen molar-refractivity contribution in [2.45, 2.75) is 12.5 Å². The topological polar surface area (TPSA) is 50.9 Å². The third-order valence-corrected chi connectivity index (χ3v) is 3.47. The summed E-state index contributed by atoms with van der Waals surface area (Å²) in [7, 11) is 1.57. The van der Waals surface area contributed by atoms with Gasteiger partial charge < -0.3 is 15.4 Å². The van der Waals surface area contributed by atoms with Crippen LogP contribution in [0.2, 0.25) is 0 Å². The third-order valence-electron chi connectivity index (χ3n) is 3.47. The molecule has 1 aliphatic heterocycles. The second kappa shape index (κ2) is 5.13. The summed E-state index contributed by atoms with van der Waals surface area (Å²) in [6.45, 7) is 2.99. The monoisotopic (exact) mass is 269 g/mol. The van der Waals surface area contributed by atoms with Crippen LogP contribution in [-0.2, 0) is 10.3 Å². The number of halogens is 2. The maximum absolute atomic E-state index is 14.0. The van der Waals surface area contributed by atoms with Crippen molar-refractivity contribution in [3.8, 4) is 0 Å². The Morgan fingerprint density at radius 1 is 1.47 bits per heavy atom. The maximum atomic E-state index is 14.0. The third kappa shape index (κ3) is 2.28. The number of ether oxygens (including phenoxy) is 1. The molecule has 0 spiro atoms. The van der Waals surface area contributed by atoms with E-state index in [9.17, 15) is 8.78 Å². The van der Waals surface area contributed by atoms with Gasteiger partial charge in [0.2, 0.25) is 0 Å². The summed E-state index contributed by atoms with van der Waals surface area (Å²) in [6, 6.07) is 4.15. The van der Waals surface area contributed by atoms with Gasteiger partial charge in [0.05, 0.1) is 18.7 Å². The minimum absolute atomic E-state index is 0.257. The fourth-order valence-electron chi connectivity index (χ4n) is 2.35. The van der Waals surface area contributed by atoms with Gasteiger partial charge >= 0.3 is 0 Å². The molecule has 1 aromatic rings. The SMILES string of the molecule is COCCN1C(N)=NCC1(C)c1cccc(F)c1F. The van der Waals surface area contributed by atoms with Crippen LogP contribution >= 0.6 is 0 Å². The van der Waals surface area contributed by atoms with Gasteiger partial charge in [0.1, 0.15) is 0 Å². The molecular formula is C13H17F2N3O. The summed E-state index contributed by atoms with van der Waals surface area (Å²) in [6.07, 6.45) is 0. The Kier molecular flexibility index (Phi) is 3.71. The molecule has 0 aliphatic carbocycles. The van der Waals surface area contributed by atoms with E-state index >= 15 is 0 Å². The quantitative estimate of drug-likeness (QED) is 0.900. The first-order valence-electron chi connectivity index (χ1n) is 6.01. The van der Waals surface area contributed by atoms with E-state index in [1.165, 1.54) is 6.07 Å². The van der Waals surface area contributed by atoms with Gasteiger partial charge in [-0.2, -0.15) is 0 Å². The first-order valence-corrected chi connectivity index (χ1v) is 6.01. The number of rotatable bonds is 4. The molecular weight excluding hydrogens is 252 g/mol. The average Bonchev–Trinajstić information content (AvgIpc) is 2.67. The van der Waals surface area contributed by atoms with Crippen molar-refractivity contribution in [1.82, 2.24) is 4.90 Å². The molecule has 0 radical (unpaired) electrons. The molecule has 1 atom stereocenters. The normalized spacial score (nSPS) is 22.7. The number of hydrogen-bond donors (Lipinski definition) is 1. The highest BCUT2D eigenvalue weighted by Gasteiger charge is 2.41. The molecule has 0 aromatic heterocycles. The summed E-state index contributed by atoms with van der Waals surface area (Å²) in [5.41, 5.74) is 5.30. The van der Waals surface area contributed by atoms with E-state index in [1.54, 1.807) is 25.0 Å². The lowest BCUT2D eigenvalue weighted by Crippen LogP contribution is -2.49. The van der Waals surface area contributed by atoms with Crippen molar-refractivity contribution in [3.05, 3.63) is 35.4 Å². The van der Waals surface area contributed by atoms with Crippen molar-refractivity contribution in [2.24, 2.45) is 10.7 Å². The second-order valence-corrected chi connectivity index (χ2v) is 4.69. The molecule has 2 rings (SSSR count). The summed E-state index contributed by atoms with van der Waals surface area (Å²) < 4.78 is 32.4. The van der Waals surface area contributed by atoms with Crippen LogP contribution in [0.15, 0.2) is 23.2 Å². The summed E-state index contributed by atoms with van der Waals surface area (Å²) in [4.78, 5) is 5.89. The van der Waals surface area contributed by atoms with Crippen LogP contribution < -0.4 is 5.73 Å². The Morgan fingerprint density at radius 3 is 2.89 bits per heavy atom. The van der Waals surface area contributed by atoms with Gasteiger partial charge in [-0.3, -0.25) is 4.99 Å². The second-order valence-electron chi connectivity index (χ2n) is 4.69. The molecule has 0 amide bonds. The summed E-state index contributed by atoms with van der Waals surface area (Å²) >= 11 is 0. The molecule has 0 saturated carbocycles. The van der Waals surface area contributed by atoms with Gasteiger partial charge in [-0.25, -0.2) is 8.78 Å². The number of guanidine groups is 1. The Balaban J connectivity index is 2.38. The number of nitrogens with two attached hydrogens (primary N) is 1. The molecule has 4 nitrogen and oxygen atoms in total. The van der Waals surface area contributed by atoms with Crippen LogP contribution in [0.1, 0.15) is 12.5 Å². The number of methoxy groups -OCH3 is 1. The Morgan fingerprint density at radius 2 is 2.21 bits per heavy atom. The largest absolute Gasteiger partial charge is 0.383 e.